The summed E-state index contributed by atoms with van der Waals surface area (Å²) in [5.41, 5.74) is 0.670. The van der Waals surface area contributed by atoms with Gasteiger partial charge in [0.15, 0.2) is 0 Å². The number of carbonyl (C=O) groups is 1. The molecule has 0 aliphatic heterocycles. The van der Waals surface area contributed by atoms with Gasteiger partial charge in [0.05, 0.1) is 6.26 Å². The normalized spacial score (nSPS) is 12.2. The Bertz CT molecular complexity index is 331. The van der Waals surface area contributed by atoms with E-state index in [1.54, 1.807) is 37.5 Å². The molecule has 0 spiro atoms. The molecule has 0 aliphatic rings. The van der Waals surface area contributed by atoms with Gasteiger partial charge < -0.3 is 9.52 Å². The maximum atomic E-state index is 10.2. The number of carboxylic acids is 1. The average molecular weight is 178 g/mol. The molecular formula is C10H10O3. The van der Waals surface area contributed by atoms with Crippen LogP contribution >= 0.6 is 0 Å². The van der Waals surface area contributed by atoms with Gasteiger partial charge in [-0.15, -0.1) is 0 Å². The first-order chi connectivity index (χ1) is 6.18. The monoisotopic (exact) mass is 178 g/mol. The number of hydrogen-bond acceptors (Lipinski definition) is 2. The van der Waals surface area contributed by atoms with Crippen LogP contribution < -0.4 is 0 Å². The Kier molecular flexibility index (Phi) is 3.09. The van der Waals surface area contributed by atoms with Gasteiger partial charge in [-0.2, -0.15) is 0 Å². The second kappa shape index (κ2) is 4.30. The molecule has 3 nitrogen and oxygen atoms in total. The maximum Gasteiger partial charge on any atom is 0.328 e. The van der Waals surface area contributed by atoms with Crippen molar-refractivity contribution in [3.63, 3.8) is 0 Å². The van der Waals surface area contributed by atoms with Crippen LogP contribution in [0.1, 0.15) is 12.7 Å². The summed E-state index contributed by atoms with van der Waals surface area (Å²) in [6.45, 7) is 1.72. The Morgan fingerprint density at radius 2 is 2.38 bits per heavy atom. The summed E-state index contributed by atoms with van der Waals surface area (Å²) >= 11 is 0. The van der Waals surface area contributed by atoms with Crippen molar-refractivity contribution in [2.75, 3.05) is 0 Å². The van der Waals surface area contributed by atoms with Crippen molar-refractivity contribution in [3.8, 4) is 0 Å². The van der Waals surface area contributed by atoms with Crippen LogP contribution in [0.25, 0.3) is 6.08 Å². The van der Waals surface area contributed by atoms with Crippen molar-refractivity contribution in [1.82, 2.24) is 0 Å². The van der Waals surface area contributed by atoms with Crippen LogP contribution in [0, 0.1) is 0 Å². The number of aliphatic carboxylic acids is 1. The Morgan fingerprint density at radius 1 is 1.62 bits per heavy atom. The highest BCUT2D eigenvalue weighted by Crippen LogP contribution is 2.05. The number of rotatable bonds is 3. The summed E-state index contributed by atoms with van der Waals surface area (Å²) in [5.74, 6) is -0.236. The quantitative estimate of drug-likeness (QED) is 0.570. The van der Waals surface area contributed by atoms with Gasteiger partial charge in [0.1, 0.15) is 5.76 Å². The predicted molar refractivity (Wildman–Crippen MR) is 49.1 cm³/mol. The fourth-order valence-electron chi connectivity index (χ4n) is 0.843. The van der Waals surface area contributed by atoms with Gasteiger partial charge in [0.2, 0.25) is 0 Å². The molecule has 1 aromatic rings. The smallest absolute Gasteiger partial charge is 0.328 e. The van der Waals surface area contributed by atoms with Crippen LogP contribution in [0.5, 0.6) is 0 Å². The van der Waals surface area contributed by atoms with Gasteiger partial charge in [0.25, 0.3) is 0 Å². The van der Waals surface area contributed by atoms with E-state index in [9.17, 15) is 4.79 Å². The lowest BCUT2D eigenvalue weighted by Gasteiger charge is -1.87. The molecule has 0 aliphatic carbocycles. The molecule has 0 fully saturated rings. The van der Waals surface area contributed by atoms with Crippen molar-refractivity contribution in [2.45, 2.75) is 6.92 Å². The van der Waals surface area contributed by atoms with Gasteiger partial charge in [-0.25, -0.2) is 4.79 Å². The fourth-order valence-corrected chi connectivity index (χ4v) is 0.843. The van der Waals surface area contributed by atoms with E-state index in [2.05, 4.69) is 0 Å². The van der Waals surface area contributed by atoms with Gasteiger partial charge in [-0.3, -0.25) is 0 Å². The zero-order chi connectivity index (χ0) is 9.68. The van der Waals surface area contributed by atoms with Gasteiger partial charge in [-0.05, 0) is 30.7 Å². The molecule has 3 heteroatoms. The molecule has 13 heavy (non-hydrogen) atoms. The topological polar surface area (TPSA) is 50.4 Å². The SMILES string of the molecule is CC(/C=C\c1ccco1)=C/C(=O)O. The van der Waals surface area contributed by atoms with Crippen LogP contribution in [0.15, 0.2) is 40.5 Å². The van der Waals surface area contributed by atoms with Crippen molar-refractivity contribution < 1.29 is 14.3 Å². The van der Waals surface area contributed by atoms with Crippen LogP contribution in [0.3, 0.4) is 0 Å². The summed E-state index contributed by atoms with van der Waals surface area (Å²) in [6, 6.07) is 3.57. The number of carboxylic acid groups (broad SMARTS) is 1. The Balaban J connectivity index is 2.64. The number of allylic oxidation sites excluding steroid dienone is 2. The van der Waals surface area contributed by atoms with Gasteiger partial charge in [0, 0.05) is 6.08 Å². The zero-order valence-electron chi connectivity index (χ0n) is 7.23. The molecule has 0 radical (unpaired) electrons. The highest BCUT2D eigenvalue weighted by Gasteiger charge is 1.90. The van der Waals surface area contributed by atoms with Crippen LogP contribution in [0.4, 0.5) is 0 Å². The van der Waals surface area contributed by atoms with E-state index in [-0.39, 0.29) is 0 Å². The van der Waals surface area contributed by atoms with E-state index in [0.717, 1.165) is 6.08 Å². The minimum Gasteiger partial charge on any atom is -0.478 e. The largest absolute Gasteiger partial charge is 0.478 e. The molecule has 0 atom stereocenters. The Morgan fingerprint density at radius 3 is 2.92 bits per heavy atom. The molecule has 68 valence electrons. The molecule has 0 unspecified atom stereocenters. The van der Waals surface area contributed by atoms with Crippen molar-refractivity contribution in [2.24, 2.45) is 0 Å². The molecule has 1 aromatic heterocycles. The van der Waals surface area contributed by atoms with E-state index >= 15 is 0 Å². The first kappa shape index (κ1) is 9.32. The van der Waals surface area contributed by atoms with Crippen LogP contribution in [-0.2, 0) is 4.79 Å². The van der Waals surface area contributed by atoms with Crippen molar-refractivity contribution >= 4 is 12.0 Å². The van der Waals surface area contributed by atoms with E-state index in [0.29, 0.717) is 11.3 Å². The van der Waals surface area contributed by atoms with Crippen molar-refractivity contribution in [1.29, 1.82) is 0 Å². The van der Waals surface area contributed by atoms with Crippen molar-refractivity contribution in [3.05, 3.63) is 41.9 Å². The molecular weight excluding hydrogens is 168 g/mol. The summed E-state index contributed by atoms with van der Waals surface area (Å²) in [6.07, 6.45) is 6.11. The molecule has 0 saturated carbocycles. The Hall–Kier alpha value is -1.77. The fraction of sp³-hybridized carbons (Fsp3) is 0.100. The average Bonchev–Trinajstić information content (AvgIpc) is 2.51. The molecule has 0 amide bonds. The molecule has 0 saturated heterocycles. The second-order valence-corrected chi connectivity index (χ2v) is 2.58. The first-order valence-electron chi connectivity index (χ1n) is 3.81. The first-order valence-corrected chi connectivity index (χ1v) is 3.81. The summed E-state index contributed by atoms with van der Waals surface area (Å²) < 4.78 is 5.03. The zero-order valence-corrected chi connectivity index (χ0v) is 7.23. The highest BCUT2D eigenvalue weighted by atomic mass is 16.4. The van der Waals surface area contributed by atoms with E-state index in [4.69, 9.17) is 9.52 Å². The van der Waals surface area contributed by atoms with E-state index < -0.39 is 5.97 Å². The second-order valence-electron chi connectivity index (χ2n) is 2.58. The minimum atomic E-state index is -0.943. The molecule has 1 heterocycles. The number of hydrogen-bond donors (Lipinski definition) is 1. The van der Waals surface area contributed by atoms with Crippen LogP contribution in [-0.4, -0.2) is 11.1 Å². The highest BCUT2D eigenvalue weighted by molar-refractivity contribution is 5.81. The van der Waals surface area contributed by atoms with Gasteiger partial charge >= 0.3 is 5.97 Å². The Labute approximate surface area is 76.0 Å². The molecule has 1 rings (SSSR count). The predicted octanol–water partition coefficient (Wildman–Crippen LogP) is 2.32. The minimum absolute atomic E-state index is 0.670. The molecule has 0 bridgehead atoms. The maximum absolute atomic E-state index is 10.2. The lowest BCUT2D eigenvalue weighted by molar-refractivity contribution is -0.131. The lowest BCUT2D eigenvalue weighted by atomic mass is 10.2. The third kappa shape index (κ3) is 3.42. The lowest BCUT2D eigenvalue weighted by Crippen LogP contribution is -1.87. The van der Waals surface area contributed by atoms with E-state index in [1.807, 2.05) is 0 Å². The van der Waals surface area contributed by atoms with E-state index in [1.165, 1.54) is 0 Å². The summed E-state index contributed by atoms with van der Waals surface area (Å²) in [4.78, 5) is 10.2. The van der Waals surface area contributed by atoms with Gasteiger partial charge in [-0.1, -0.05) is 6.08 Å². The third-order valence-electron chi connectivity index (χ3n) is 1.40. The van der Waals surface area contributed by atoms with Crippen LogP contribution in [0.2, 0.25) is 0 Å². The molecule has 0 aromatic carbocycles. The molecule has 1 N–H and O–H groups in total. The standard InChI is InChI=1S/C10H10O3/c1-8(7-10(11)12)4-5-9-3-2-6-13-9/h2-7H,1H3,(H,11,12)/b5-4-,8-7-. The third-order valence-corrected chi connectivity index (χ3v) is 1.40. The summed E-state index contributed by atoms with van der Waals surface area (Å²) in [7, 11) is 0. The summed E-state index contributed by atoms with van der Waals surface area (Å²) in [5, 5.41) is 8.41. The number of furan rings is 1.